The first-order chi connectivity index (χ1) is 8.91. The topological polar surface area (TPSA) is 34.0 Å². The van der Waals surface area contributed by atoms with Gasteiger partial charge in [-0.25, -0.2) is 4.39 Å². The molecule has 0 bridgehead atoms. The van der Waals surface area contributed by atoms with E-state index in [0.29, 0.717) is 11.3 Å². The predicted molar refractivity (Wildman–Crippen MR) is 72.5 cm³/mol. The zero-order valence-corrected chi connectivity index (χ0v) is 11.1. The van der Waals surface area contributed by atoms with Crippen LogP contribution in [-0.2, 0) is 17.3 Å². The van der Waals surface area contributed by atoms with Gasteiger partial charge in [-0.15, -0.1) is 0 Å². The predicted octanol–water partition coefficient (Wildman–Crippen LogP) is 3.06. The molecule has 19 heavy (non-hydrogen) atoms. The molecule has 0 atom stereocenters. The lowest BCUT2D eigenvalue weighted by molar-refractivity contribution is -0.119. The summed E-state index contributed by atoms with van der Waals surface area (Å²) in [4.78, 5) is 11.9. The summed E-state index contributed by atoms with van der Waals surface area (Å²) in [7, 11) is 1.91. The van der Waals surface area contributed by atoms with Crippen LogP contribution in [0.4, 0.5) is 10.1 Å². The fourth-order valence-electron chi connectivity index (χ4n) is 2.53. The Balaban J connectivity index is 2.24. The summed E-state index contributed by atoms with van der Waals surface area (Å²) in [5.74, 6) is -0.543. The van der Waals surface area contributed by atoms with Crippen LogP contribution in [-0.4, -0.2) is 10.5 Å². The molecule has 2 aromatic rings. The van der Waals surface area contributed by atoms with Crippen LogP contribution >= 0.6 is 0 Å². The highest BCUT2D eigenvalue weighted by Gasteiger charge is 2.40. The van der Waals surface area contributed by atoms with Gasteiger partial charge in [0.2, 0.25) is 5.91 Å². The Morgan fingerprint density at radius 1 is 1.32 bits per heavy atom. The van der Waals surface area contributed by atoms with Gasteiger partial charge in [-0.1, -0.05) is 0 Å². The molecular formula is C15H15FN2O. The first-order valence-corrected chi connectivity index (χ1v) is 6.18. The van der Waals surface area contributed by atoms with Crippen molar-refractivity contribution < 1.29 is 9.18 Å². The zero-order valence-electron chi connectivity index (χ0n) is 11.1. The lowest BCUT2D eigenvalue weighted by atomic mass is 9.85. The summed E-state index contributed by atoms with van der Waals surface area (Å²) in [6.45, 7) is 3.62. The lowest BCUT2D eigenvalue weighted by Gasteiger charge is -2.16. The Labute approximate surface area is 111 Å². The first-order valence-electron chi connectivity index (χ1n) is 6.18. The second-order valence-corrected chi connectivity index (χ2v) is 5.46. The molecule has 1 aliphatic heterocycles. The quantitative estimate of drug-likeness (QED) is 0.838. The van der Waals surface area contributed by atoms with Gasteiger partial charge in [0.05, 0.1) is 11.1 Å². The van der Waals surface area contributed by atoms with Crippen LogP contribution in [0.25, 0.3) is 11.3 Å². The molecule has 0 radical (unpaired) electrons. The number of aromatic nitrogens is 1. The van der Waals surface area contributed by atoms with Gasteiger partial charge in [0.25, 0.3) is 0 Å². The van der Waals surface area contributed by atoms with Crippen molar-refractivity contribution in [2.45, 2.75) is 19.3 Å². The number of benzene rings is 1. The van der Waals surface area contributed by atoms with Crippen molar-refractivity contribution in [2.24, 2.45) is 7.05 Å². The molecular weight excluding hydrogens is 243 g/mol. The van der Waals surface area contributed by atoms with E-state index in [-0.39, 0.29) is 11.7 Å². The number of anilines is 1. The Morgan fingerprint density at radius 2 is 2.05 bits per heavy atom. The molecule has 0 spiro atoms. The number of carbonyl (C=O) groups is 1. The second-order valence-electron chi connectivity index (χ2n) is 5.46. The van der Waals surface area contributed by atoms with Crippen molar-refractivity contribution in [1.82, 2.24) is 4.57 Å². The number of rotatable bonds is 1. The third kappa shape index (κ3) is 1.59. The van der Waals surface area contributed by atoms with Crippen LogP contribution in [0.1, 0.15) is 19.4 Å². The highest BCUT2D eigenvalue weighted by Crippen LogP contribution is 2.41. The van der Waals surface area contributed by atoms with Crippen molar-refractivity contribution in [2.75, 3.05) is 5.32 Å². The second kappa shape index (κ2) is 3.70. The van der Waals surface area contributed by atoms with Crippen LogP contribution in [0.3, 0.4) is 0 Å². The van der Waals surface area contributed by atoms with Gasteiger partial charge >= 0.3 is 0 Å². The van der Waals surface area contributed by atoms with Gasteiger partial charge in [-0.05, 0) is 43.7 Å². The number of fused-ring (bicyclic) bond motifs is 1. The maximum absolute atomic E-state index is 14.2. The lowest BCUT2D eigenvalue weighted by Crippen LogP contribution is -2.26. The molecule has 1 aromatic heterocycles. The van der Waals surface area contributed by atoms with E-state index in [0.717, 1.165) is 11.3 Å². The summed E-state index contributed by atoms with van der Waals surface area (Å²) in [5, 5.41) is 2.62. The van der Waals surface area contributed by atoms with Gasteiger partial charge in [0, 0.05) is 24.5 Å². The summed E-state index contributed by atoms with van der Waals surface area (Å²) in [5.41, 5.74) is 2.05. The maximum Gasteiger partial charge on any atom is 0.234 e. The molecule has 3 rings (SSSR count). The summed E-state index contributed by atoms with van der Waals surface area (Å²) >= 11 is 0. The average Bonchev–Trinajstić information content (AvgIpc) is 2.85. The molecule has 98 valence electrons. The number of hydrogen-bond acceptors (Lipinski definition) is 1. The molecule has 1 aromatic carbocycles. The molecule has 2 heterocycles. The van der Waals surface area contributed by atoms with E-state index in [1.165, 1.54) is 6.07 Å². The minimum Gasteiger partial charge on any atom is -0.351 e. The van der Waals surface area contributed by atoms with Crippen molar-refractivity contribution in [3.05, 3.63) is 41.8 Å². The summed E-state index contributed by atoms with van der Waals surface area (Å²) in [6, 6.07) is 7.20. The van der Waals surface area contributed by atoms with E-state index in [1.54, 1.807) is 0 Å². The highest BCUT2D eigenvalue weighted by atomic mass is 19.1. The van der Waals surface area contributed by atoms with Crippen LogP contribution in [0.15, 0.2) is 30.5 Å². The fourth-order valence-corrected chi connectivity index (χ4v) is 2.53. The van der Waals surface area contributed by atoms with Crippen LogP contribution in [0.2, 0.25) is 0 Å². The summed E-state index contributed by atoms with van der Waals surface area (Å²) in [6.07, 6.45) is 1.91. The average molecular weight is 258 g/mol. The maximum atomic E-state index is 14.2. The minimum absolute atomic E-state index is 0.162. The highest BCUT2D eigenvalue weighted by molar-refractivity contribution is 6.06. The number of hydrogen-bond donors (Lipinski definition) is 1. The van der Waals surface area contributed by atoms with Gasteiger partial charge in [0.15, 0.2) is 0 Å². The minimum atomic E-state index is -0.697. The molecule has 1 amide bonds. The molecule has 0 saturated carbocycles. The van der Waals surface area contributed by atoms with Crippen molar-refractivity contribution in [3.8, 4) is 11.3 Å². The van der Waals surface area contributed by atoms with Crippen molar-refractivity contribution >= 4 is 11.6 Å². The molecule has 1 N–H and O–H groups in total. The normalized spacial score (nSPS) is 16.3. The molecule has 4 heteroatoms. The Hall–Kier alpha value is -2.10. The van der Waals surface area contributed by atoms with Crippen molar-refractivity contribution in [3.63, 3.8) is 0 Å². The zero-order chi connectivity index (χ0) is 13.8. The fraction of sp³-hybridized carbons (Fsp3) is 0.267. The van der Waals surface area contributed by atoms with Gasteiger partial charge in [0.1, 0.15) is 5.82 Å². The van der Waals surface area contributed by atoms with Gasteiger partial charge < -0.3 is 9.88 Å². The van der Waals surface area contributed by atoms with E-state index < -0.39 is 5.41 Å². The molecule has 0 aliphatic carbocycles. The Bertz CT molecular complexity index is 685. The number of nitrogens with one attached hydrogen (secondary N) is 1. The Morgan fingerprint density at radius 3 is 2.68 bits per heavy atom. The number of carbonyl (C=O) groups excluding carboxylic acids is 1. The molecule has 0 unspecified atom stereocenters. The van der Waals surface area contributed by atoms with Gasteiger partial charge in [-0.2, -0.15) is 0 Å². The number of nitrogens with zero attached hydrogens (tertiary/aromatic N) is 1. The number of aryl methyl sites for hydroxylation is 1. The largest absolute Gasteiger partial charge is 0.351 e. The standard InChI is InChI=1S/C15H15FN2O/c1-15(2)10-7-9(12-5-4-6-18(12)3)8-11(16)13(10)17-14(15)19/h4-8H,1-3H3,(H,17,19). The smallest absolute Gasteiger partial charge is 0.234 e. The van der Waals surface area contributed by atoms with Crippen molar-refractivity contribution in [1.29, 1.82) is 0 Å². The molecule has 1 aliphatic rings. The van der Waals surface area contributed by atoms with E-state index in [1.807, 2.05) is 49.9 Å². The molecule has 3 nitrogen and oxygen atoms in total. The third-order valence-electron chi connectivity index (χ3n) is 3.81. The van der Waals surface area contributed by atoms with Crippen LogP contribution < -0.4 is 5.32 Å². The Kier molecular flexibility index (Phi) is 2.33. The number of halogens is 1. The monoisotopic (exact) mass is 258 g/mol. The molecule has 0 saturated heterocycles. The van der Waals surface area contributed by atoms with Crippen LogP contribution in [0.5, 0.6) is 0 Å². The first kappa shape index (κ1) is 12.0. The third-order valence-corrected chi connectivity index (χ3v) is 3.81. The number of amides is 1. The van der Waals surface area contributed by atoms with Crippen LogP contribution in [0, 0.1) is 5.82 Å². The van der Waals surface area contributed by atoms with E-state index >= 15 is 0 Å². The SMILES string of the molecule is Cn1cccc1-c1cc(F)c2c(c1)C(C)(C)C(=O)N2. The molecule has 0 fully saturated rings. The van der Waals surface area contributed by atoms with E-state index in [9.17, 15) is 9.18 Å². The van der Waals surface area contributed by atoms with Gasteiger partial charge in [-0.3, -0.25) is 4.79 Å². The summed E-state index contributed by atoms with van der Waals surface area (Å²) < 4.78 is 16.1. The van der Waals surface area contributed by atoms with E-state index in [2.05, 4.69) is 5.32 Å². The van der Waals surface area contributed by atoms with E-state index in [4.69, 9.17) is 0 Å².